The maximum Gasteiger partial charge on any atom is 0.203 e. The fraction of sp³-hybridized carbons (Fsp3) is 0.636. The molecule has 5 heteroatoms. The second kappa shape index (κ2) is 13.2. The Morgan fingerprint density at radius 3 is 1.93 bits per heavy atom. The molecule has 1 heterocycles. The van der Waals surface area contributed by atoms with E-state index in [-0.39, 0.29) is 0 Å². The van der Waals surface area contributed by atoms with E-state index in [0.29, 0.717) is 5.82 Å². The molecule has 148 valence electrons. The van der Waals surface area contributed by atoms with Gasteiger partial charge in [-0.3, -0.25) is 0 Å². The van der Waals surface area contributed by atoms with Crippen molar-refractivity contribution in [3.8, 4) is 17.1 Å². The highest BCUT2D eigenvalue weighted by atomic mass is 16.5. The van der Waals surface area contributed by atoms with Crippen LogP contribution in [-0.2, 0) is 6.42 Å². The van der Waals surface area contributed by atoms with Crippen molar-refractivity contribution in [2.45, 2.75) is 84.5 Å². The molecule has 0 spiro atoms. The molecule has 0 aliphatic rings. The van der Waals surface area contributed by atoms with E-state index in [1.54, 1.807) is 0 Å². The zero-order valence-electron chi connectivity index (χ0n) is 17.0. The molecule has 0 unspecified atom stereocenters. The third-order valence-electron chi connectivity index (χ3n) is 4.65. The molecular formula is C22H34N4O. The summed E-state index contributed by atoms with van der Waals surface area (Å²) in [6.07, 6.45) is 13.3. The molecule has 0 saturated heterocycles. The van der Waals surface area contributed by atoms with Gasteiger partial charge in [0.05, 0.1) is 6.61 Å². The maximum atomic E-state index is 5.81. The highest BCUT2D eigenvalue weighted by molar-refractivity contribution is 5.54. The Balaban J connectivity index is 1.72. The van der Waals surface area contributed by atoms with Crippen LogP contribution < -0.4 is 4.74 Å². The molecule has 1 aromatic carbocycles. The maximum absolute atomic E-state index is 5.81. The second-order valence-electron chi connectivity index (χ2n) is 7.09. The van der Waals surface area contributed by atoms with Crippen molar-refractivity contribution >= 4 is 0 Å². The summed E-state index contributed by atoms with van der Waals surface area (Å²) < 4.78 is 5.81. The van der Waals surface area contributed by atoms with Gasteiger partial charge < -0.3 is 4.74 Å². The van der Waals surface area contributed by atoms with Crippen LogP contribution in [0.1, 0.15) is 83.9 Å². The minimum absolute atomic E-state index is 0.565. The minimum Gasteiger partial charge on any atom is -0.494 e. The highest BCUT2D eigenvalue weighted by Gasteiger charge is 2.05. The first-order valence-electron chi connectivity index (χ1n) is 10.6. The highest BCUT2D eigenvalue weighted by Crippen LogP contribution is 2.19. The summed E-state index contributed by atoms with van der Waals surface area (Å²) in [5.41, 5.74) is 0.916. The summed E-state index contributed by atoms with van der Waals surface area (Å²) in [6, 6.07) is 7.87. The summed E-state index contributed by atoms with van der Waals surface area (Å²) in [7, 11) is 0. The zero-order valence-corrected chi connectivity index (χ0v) is 17.0. The molecular weight excluding hydrogens is 336 g/mol. The topological polar surface area (TPSA) is 60.8 Å². The lowest BCUT2D eigenvalue weighted by atomic mass is 10.1. The number of unbranched alkanes of at least 4 members (excludes halogenated alkanes) is 8. The van der Waals surface area contributed by atoms with E-state index in [9.17, 15) is 0 Å². The molecule has 27 heavy (non-hydrogen) atoms. The summed E-state index contributed by atoms with van der Waals surface area (Å²) >= 11 is 0. The molecule has 0 atom stereocenters. The van der Waals surface area contributed by atoms with Crippen LogP contribution in [0, 0.1) is 0 Å². The molecule has 1 aromatic heterocycles. The van der Waals surface area contributed by atoms with Crippen LogP contribution in [0.3, 0.4) is 0 Å². The van der Waals surface area contributed by atoms with E-state index < -0.39 is 0 Å². The van der Waals surface area contributed by atoms with Gasteiger partial charge in [0.15, 0.2) is 5.82 Å². The Hall–Kier alpha value is -2.04. The van der Waals surface area contributed by atoms with Crippen molar-refractivity contribution in [3.05, 3.63) is 30.1 Å². The first kappa shape index (κ1) is 21.3. The Bertz CT molecular complexity index is 613. The van der Waals surface area contributed by atoms with Gasteiger partial charge in [-0.05, 0) is 37.1 Å². The van der Waals surface area contributed by atoms with Crippen LogP contribution in [0.5, 0.6) is 5.75 Å². The standard InChI is InChI=1S/C22H34N4O/c1-3-5-7-9-10-12-18-27-20-16-14-19(15-17-20)22-25-23-21(24-26-22)13-11-8-6-4-2/h14-17H,3-13,18H2,1-2H3. The molecule has 0 aliphatic heterocycles. The Morgan fingerprint density at radius 1 is 0.667 bits per heavy atom. The molecule has 0 amide bonds. The molecule has 2 rings (SSSR count). The van der Waals surface area contributed by atoms with Crippen LogP contribution in [-0.4, -0.2) is 27.0 Å². The third kappa shape index (κ3) is 8.46. The molecule has 0 fully saturated rings. The monoisotopic (exact) mass is 370 g/mol. The average Bonchev–Trinajstić information content (AvgIpc) is 2.71. The van der Waals surface area contributed by atoms with Crippen LogP contribution in [0.4, 0.5) is 0 Å². The molecule has 5 nitrogen and oxygen atoms in total. The van der Waals surface area contributed by atoms with Crippen LogP contribution in [0.25, 0.3) is 11.4 Å². The summed E-state index contributed by atoms with van der Waals surface area (Å²) in [4.78, 5) is 0. The van der Waals surface area contributed by atoms with Gasteiger partial charge in [0, 0.05) is 12.0 Å². The second-order valence-corrected chi connectivity index (χ2v) is 7.09. The van der Waals surface area contributed by atoms with E-state index in [1.807, 2.05) is 24.3 Å². The first-order chi connectivity index (χ1) is 13.3. The lowest BCUT2D eigenvalue weighted by Gasteiger charge is -2.07. The number of hydrogen-bond donors (Lipinski definition) is 0. The lowest BCUT2D eigenvalue weighted by Crippen LogP contribution is -2.03. The number of ether oxygens (including phenoxy) is 1. The van der Waals surface area contributed by atoms with E-state index in [4.69, 9.17) is 4.74 Å². The Morgan fingerprint density at radius 2 is 1.26 bits per heavy atom. The van der Waals surface area contributed by atoms with Gasteiger partial charge in [0.1, 0.15) is 5.75 Å². The van der Waals surface area contributed by atoms with Gasteiger partial charge in [-0.2, -0.15) is 0 Å². The van der Waals surface area contributed by atoms with Crippen molar-refractivity contribution < 1.29 is 4.74 Å². The predicted octanol–water partition coefficient (Wildman–Crippen LogP) is 5.80. The van der Waals surface area contributed by atoms with E-state index >= 15 is 0 Å². The number of aromatic nitrogens is 4. The van der Waals surface area contributed by atoms with Gasteiger partial charge in [0.2, 0.25) is 5.82 Å². The molecule has 0 N–H and O–H groups in total. The van der Waals surface area contributed by atoms with Crippen molar-refractivity contribution in [3.63, 3.8) is 0 Å². The van der Waals surface area contributed by atoms with Crippen LogP contribution >= 0.6 is 0 Å². The largest absolute Gasteiger partial charge is 0.494 e. The Kier molecular flexibility index (Phi) is 10.4. The zero-order chi connectivity index (χ0) is 19.2. The van der Waals surface area contributed by atoms with Gasteiger partial charge in [-0.1, -0.05) is 65.2 Å². The van der Waals surface area contributed by atoms with Gasteiger partial charge in [-0.15, -0.1) is 20.4 Å². The summed E-state index contributed by atoms with van der Waals surface area (Å²) in [6.45, 7) is 5.23. The molecule has 0 radical (unpaired) electrons. The third-order valence-corrected chi connectivity index (χ3v) is 4.65. The number of benzene rings is 1. The van der Waals surface area contributed by atoms with E-state index in [1.165, 1.54) is 51.4 Å². The van der Waals surface area contributed by atoms with Crippen molar-refractivity contribution in [2.24, 2.45) is 0 Å². The van der Waals surface area contributed by atoms with Gasteiger partial charge in [-0.25, -0.2) is 0 Å². The lowest BCUT2D eigenvalue weighted by molar-refractivity contribution is 0.304. The molecule has 0 aliphatic carbocycles. The fourth-order valence-corrected chi connectivity index (χ4v) is 2.95. The molecule has 2 aromatic rings. The van der Waals surface area contributed by atoms with E-state index in [0.717, 1.165) is 43.0 Å². The van der Waals surface area contributed by atoms with Crippen LogP contribution in [0.2, 0.25) is 0 Å². The van der Waals surface area contributed by atoms with Gasteiger partial charge >= 0.3 is 0 Å². The normalized spacial score (nSPS) is 10.9. The van der Waals surface area contributed by atoms with E-state index in [2.05, 4.69) is 34.2 Å². The summed E-state index contributed by atoms with van der Waals surface area (Å²) in [5, 5.41) is 16.9. The van der Waals surface area contributed by atoms with Crippen LogP contribution in [0.15, 0.2) is 24.3 Å². The number of aryl methyl sites for hydroxylation is 1. The average molecular weight is 371 g/mol. The smallest absolute Gasteiger partial charge is 0.203 e. The first-order valence-corrected chi connectivity index (χ1v) is 10.6. The minimum atomic E-state index is 0.565. The SMILES string of the molecule is CCCCCCCCOc1ccc(-c2nnc(CCCCCC)nn2)cc1. The van der Waals surface area contributed by atoms with Crippen molar-refractivity contribution in [1.82, 2.24) is 20.4 Å². The predicted molar refractivity (Wildman–Crippen MR) is 110 cm³/mol. The fourth-order valence-electron chi connectivity index (χ4n) is 2.95. The van der Waals surface area contributed by atoms with Crippen molar-refractivity contribution in [2.75, 3.05) is 6.61 Å². The van der Waals surface area contributed by atoms with Crippen molar-refractivity contribution in [1.29, 1.82) is 0 Å². The molecule has 0 saturated carbocycles. The molecule has 0 bridgehead atoms. The number of hydrogen-bond acceptors (Lipinski definition) is 5. The quantitative estimate of drug-likeness (QED) is 0.394. The number of rotatable bonds is 14. The summed E-state index contributed by atoms with van der Waals surface area (Å²) in [5.74, 6) is 2.18. The van der Waals surface area contributed by atoms with Gasteiger partial charge in [0.25, 0.3) is 0 Å². The number of nitrogens with zero attached hydrogens (tertiary/aromatic N) is 4. The Labute approximate surface area is 164 Å².